The monoisotopic (exact) mass is 321 g/mol. The minimum Gasteiger partial charge on any atom is -0.466 e. The van der Waals surface area contributed by atoms with Crippen molar-refractivity contribution in [1.82, 2.24) is 10.6 Å². The van der Waals surface area contributed by atoms with E-state index in [1.54, 1.807) is 12.1 Å². The van der Waals surface area contributed by atoms with Crippen LogP contribution in [0.15, 0.2) is 35.5 Å². The van der Waals surface area contributed by atoms with Crippen molar-refractivity contribution in [3.8, 4) is 0 Å². The highest BCUT2D eigenvalue weighted by atomic mass is 32.1. The van der Waals surface area contributed by atoms with E-state index in [-0.39, 0.29) is 5.69 Å². The first-order valence-corrected chi connectivity index (χ1v) is 7.02. The summed E-state index contributed by atoms with van der Waals surface area (Å²) in [6.45, 7) is 1.88. The van der Waals surface area contributed by atoms with Crippen molar-refractivity contribution in [2.75, 3.05) is 7.11 Å². The van der Waals surface area contributed by atoms with Gasteiger partial charge in [0, 0.05) is 17.8 Å². The Bertz CT molecular complexity index is 672. The topological polar surface area (TPSA) is 93.5 Å². The van der Waals surface area contributed by atoms with Crippen molar-refractivity contribution in [3.05, 3.63) is 51.2 Å². The highest BCUT2D eigenvalue weighted by molar-refractivity contribution is 7.80. The molecule has 2 rings (SSSR count). The number of nitro groups is 1. The molecular formula is C14H15N3O4S. The molecule has 0 unspecified atom stereocenters. The lowest BCUT2D eigenvalue weighted by atomic mass is 9.94. The minimum atomic E-state index is -0.587. The number of ether oxygens (including phenoxy) is 1. The SMILES string of the molecule is CCC1=C(C(=O)OC)[C@H](c2cccc([N+](=O)[O-])c2)NC(=S)N1. The second-order valence-electron chi connectivity index (χ2n) is 4.62. The number of benzene rings is 1. The summed E-state index contributed by atoms with van der Waals surface area (Å²) in [4.78, 5) is 22.6. The van der Waals surface area contributed by atoms with Crippen LogP contribution in [0.25, 0.3) is 0 Å². The average molecular weight is 321 g/mol. The fraction of sp³-hybridized carbons (Fsp3) is 0.286. The van der Waals surface area contributed by atoms with Crippen LogP contribution in [0.1, 0.15) is 24.9 Å². The van der Waals surface area contributed by atoms with Crippen LogP contribution < -0.4 is 10.6 Å². The van der Waals surface area contributed by atoms with Crippen LogP contribution in [0.3, 0.4) is 0 Å². The van der Waals surface area contributed by atoms with Crippen LogP contribution >= 0.6 is 12.2 Å². The lowest BCUT2D eigenvalue weighted by molar-refractivity contribution is -0.384. The highest BCUT2D eigenvalue weighted by Crippen LogP contribution is 2.30. The van der Waals surface area contributed by atoms with Crippen molar-refractivity contribution < 1.29 is 14.5 Å². The molecule has 0 bridgehead atoms. The normalized spacial score (nSPS) is 17.5. The fourth-order valence-electron chi connectivity index (χ4n) is 2.32. The number of hydrogen-bond acceptors (Lipinski definition) is 5. The van der Waals surface area contributed by atoms with Crippen LogP contribution in [-0.4, -0.2) is 23.1 Å². The first-order valence-electron chi connectivity index (χ1n) is 6.61. The number of carbonyl (C=O) groups excluding carboxylic acids is 1. The summed E-state index contributed by atoms with van der Waals surface area (Å²) in [5.41, 5.74) is 1.54. The molecule has 0 amide bonds. The Morgan fingerprint density at radius 2 is 2.23 bits per heavy atom. The van der Waals surface area contributed by atoms with Gasteiger partial charge in [-0.1, -0.05) is 19.1 Å². The second kappa shape index (κ2) is 6.52. The van der Waals surface area contributed by atoms with E-state index >= 15 is 0 Å². The largest absolute Gasteiger partial charge is 0.466 e. The van der Waals surface area contributed by atoms with Gasteiger partial charge in [-0.15, -0.1) is 0 Å². The number of allylic oxidation sites excluding steroid dienone is 1. The Morgan fingerprint density at radius 3 is 2.82 bits per heavy atom. The van der Waals surface area contributed by atoms with E-state index in [9.17, 15) is 14.9 Å². The molecule has 7 nitrogen and oxygen atoms in total. The number of rotatable bonds is 4. The first kappa shape index (κ1) is 15.9. The third-order valence-electron chi connectivity index (χ3n) is 3.33. The van der Waals surface area contributed by atoms with E-state index in [1.165, 1.54) is 19.2 Å². The Balaban J connectivity index is 2.54. The molecule has 1 aromatic carbocycles. The molecule has 0 fully saturated rings. The number of carbonyl (C=O) groups is 1. The Labute approximate surface area is 132 Å². The van der Waals surface area contributed by atoms with Gasteiger partial charge < -0.3 is 15.4 Å². The molecule has 22 heavy (non-hydrogen) atoms. The van der Waals surface area contributed by atoms with E-state index in [0.29, 0.717) is 28.4 Å². The van der Waals surface area contributed by atoms with Gasteiger partial charge in [-0.3, -0.25) is 10.1 Å². The van der Waals surface area contributed by atoms with E-state index in [1.807, 2.05) is 6.92 Å². The van der Waals surface area contributed by atoms with E-state index in [0.717, 1.165) is 0 Å². The van der Waals surface area contributed by atoms with Crippen LogP contribution in [0, 0.1) is 10.1 Å². The molecular weight excluding hydrogens is 306 g/mol. The van der Waals surface area contributed by atoms with Crippen molar-refractivity contribution in [2.45, 2.75) is 19.4 Å². The molecule has 0 aliphatic carbocycles. The van der Waals surface area contributed by atoms with Gasteiger partial charge in [-0.05, 0) is 24.2 Å². The van der Waals surface area contributed by atoms with Gasteiger partial charge in [-0.2, -0.15) is 0 Å². The average Bonchev–Trinajstić information content (AvgIpc) is 2.53. The number of non-ortho nitro benzene ring substituents is 1. The summed E-state index contributed by atoms with van der Waals surface area (Å²) in [7, 11) is 1.29. The number of thiocarbonyl (C=S) groups is 1. The van der Waals surface area contributed by atoms with Gasteiger partial charge in [0.05, 0.1) is 23.6 Å². The standard InChI is InChI=1S/C14H15N3O4S/c1-3-10-11(13(18)21-2)12(16-14(22)15-10)8-5-4-6-9(7-8)17(19)20/h4-7,12H,3H2,1-2H3,(H2,15,16,22)/t12-/m0/s1. The third kappa shape index (κ3) is 3.06. The van der Waals surface area contributed by atoms with Gasteiger partial charge >= 0.3 is 5.97 Å². The number of hydrogen-bond donors (Lipinski definition) is 2. The first-order chi connectivity index (χ1) is 10.5. The molecule has 0 spiro atoms. The maximum absolute atomic E-state index is 12.1. The van der Waals surface area contributed by atoms with Crippen molar-refractivity contribution in [2.24, 2.45) is 0 Å². The molecule has 8 heteroatoms. The van der Waals surface area contributed by atoms with E-state index in [2.05, 4.69) is 10.6 Å². The maximum atomic E-state index is 12.1. The van der Waals surface area contributed by atoms with E-state index < -0.39 is 16.9 Å². The summed E-state index contributed by atoms with van der Waals surface area (Å²) in [6.07, 6.45) is 0.553. The summed E-state index contributed by atoms with van der Waals surface area (Å²) >= 11 is 5.14. The van der Waals surface area contributed by atoms with Gasteiger partial charge in [0.25, 0.3) is 5.69 Å². The summed E-state index contributed by atoms with van der Waals surface area (Å²) in [5.74, 6) is -0.504. The molecule has 1 atom stereocenters. The van der Waals surface area contributed by atoms with Crippen molar-refractivity contribution in [3.63, 3.8) is 0 Å². The number of nitrogens with zero attached hydrogens (tertiary/aromatic N) is 1. The van der Waals surface area contributed by atoms with Crippen LogP contribution in [0.2, 0.25) is 0 Å². The van der Waals surface area contributed by atoms with Gasteiger partial charge in [0.2, 0.25) is 0 Å². The number of nitro benzene ring substituents is 1. The zero-order chi connectivity index (χ0) is 16.3. The fourth-order valence-corrected chi connectivity index (χ4v) is 2.56. The van der Waals surface area contributed by atoms with Crippen LogP contribution in [-0.2, 0) is 9.53 Å². The third-order valence-corrected chi connectivity index (χ3v) is 3.55. The zero-order valence-corrected chi connectivity index (χ0v) is 12.9. The maximum Gasteiger partial charge on any atom is 0.337 e. The van der Waals surface area contributed by atoms with Crippen LogP contribution in [0.5, 0.6) is 0 Å². The number of esters is 1. The summed E-state index contributed by atoms with van der Waals surface area (Å²) < 4.78 is 4.83. The van der Waals surface area contributed by atoms with Gasteiger partial charge in [-0.25, -0.2) is 4.79 Å². The second-order valence-corrected chi connectivity index (χ2v) is 5.03. The van der Waals surface area contributed by atoms with Gasteiger partial charge in [0.1, 0.15) is 0 Å². The van der Waals surface area contributed by atoms with Crippen molar-refractivity contribution >= 4 is 29.0 Å². The quantitative estimate of drug-likeness (QED) is 0.379. The summed E-state index contributed by atoms with van der Waals surface area (Å²) in [6, 6.07) is 5.50. The highest BCUT2D eigenvalue weighted by Gasteiger charge is 2.32. The predicted molar refractivity (Wildman–Crippen MR) is 84.0 cm³/mol. The number of nitrogens with one attached hydrogen (secondary N) is 2. The molecule has 0 radical (unpaired) electrons. The molecule has 0 aromatic heterocycles. The molecule has 1 aromatic rings. The molecule has 1 aliphatic rings. The van der Waals surface area contributed by atoms with Crippen LogP contribution in [0.4, 0.5) is 5.69 Å². The molecule has 2 N–H and O–H groups in total. The minimum absolute atomic E-state index is 0.0500. The van der Waals surface area contributed by atoms with Gasteiger partial charge in [0.15, 0.2) is 5.11 Å². The molecule has 116 valence electrons. The lowest BCUT2D eigenvalue weighted by Crippen LogP contribution is -2.45. The molecule has 0 saturated heterocycles. The number of methoxy groups -OCH3 is 1. The lowest BCUT2D eigenvalue weighted by Gasteiger charge is -2.30. The molecule has 1 heterocycles. The summed E-state index contributed by atoms with van der Waals surface area (Å²) in [5, 5.41) is 17.2. The predicted octanol–water partition coefficient (Wildman–Crippen LogP) is 1.95. The Hall–Kier alpha value is -2.48. The smallest absolute Gasteiger partial charge is 0.337 e. The Kier molecular flexibility index (Phi) is 4.71. The molecule has 1 aliphatic heterocycles. The Morgan fingerprint density at radius 1 is 1.50 bits per heavy atom. The van der Waals surface area contributed by atoms with Crippen molar-refractivity contribution in [1.29, 1.82) is 0 Å². The van der Waals surface area contributed by atoms with E-state index in [4.69, 9.17) is 17.0 Å². The zero-order valence-electron chi connectivity index (χ0n) is 12.1. The molecule has 0 saturated carbocycles.